The van der Waals surface area contributed by atoms with Crippen molar-refractivity contribution in [2.24, 2.45) is 0 Å². The zero-order valence-corrected chi connectivity index (χ0v) is 9.62. The van der Waals surface area contributed by atoms with E-state index in [0.717, 1.165) is 0 Å². The van der Waals surface area contributed by atoms with Gasteiger partial charge >= 0.3 is 0 Å². The van der Waals surface area contributed by atoms with Crippen molar-refractivity contribution >= 4 is 28.6 Å². The molecule has 2 aromatic rings. The summed E-state index contributed by atoms with van der Waals surface area (Å²) in [5, 5.41) is 13.1. The average Bonchev–Trinajstić information content (AvgIpc) is 2.76. The molecule has 17 heavy (non-hydrogen) atoms. The largest absolute Gasteiger partial charge is 0.397 e. The number of nitrogen functional groups attached to an aromatic ring is 1. The van der Waals surface area contributed by atoms with Crippen molar-refractivity contribution in [1.82, 2.24) is 0 Å². The molecule has 0 saturated heterocycles. The number of hydrogen-bond acceptors (Lipinski definition) is 4. The number of rotatable bonds is 2. The Balaban J connectivity index is 2.14. The summed E-state index contributed by atoms with van der Waals surface area (Å²) in [4.78, 5) is 12.3. The number of amides is 1. The highest BCUT2D eigenvalue weighted by molar-refractivity contribution is 7.12. The Bertz CT molecular complexity index is 581. The highest BCUT2D eigenvalue weighted by atomic mass is 32.1. The van der Waals surface area contributed by atoms with Gasteiger partial charge in [-0.15, -0.1) is 11.3 Å². The van der Waals surface area contributed by atoms with Gasteiger partial charge in [0.05, 0.1) is 17.3 Å². The fourth-order valence-corrected chi connectivity index (χ4v) is 2.03. The smallest absolute Gasteiger partial charge is 0.267 e. The lowest BCUT2D eigenvalue weighted by Crippen LogP contribution is -2.11. The topological polar surface area (TPSA) is 78.9 Å². The minimum absolute atomic E-state index is 0.234. The van der Waals surface area contributed by atoms with Crippen LogP contribution in [0.5, 0.6) is 0 Å². The minimum atomic E-state index is -0.234. The number of carbonyl (C=O) groups excluding carboxylic acids is 1. The summed E-state index contributed by atoms with van der Waals surface area (Å²) < 4.78 is 0. The Morgan fingerprint density at radius 1 is 1.29 bits per heavy atom. The normalized spacial score (nSPS) is 9.59. The van der Waals surface area contributed by atoms with Gasteiger partial charge in [0.2, 0.25) is 0 Å². The van der Waals surface area contributed by atoms with Crippen LogP contribution in [0.1, 0.15) is 15.2 Å². The van der Waals surface area contributed by atoms with E-state index in [1.807, 2.05) is 6.07 Å². The summed E-state index contributed by atoms with van der Waals surface area (Å²) in [5.74, 6) is -0.234. The van der Waals surface area contributed by atoms with Gasteiger partial charge in [-0.3, -0.25) is 4.79 Å². The first kappa shape index (κ1) is 11.2. The van der Waals surface area contributed by atoms with E-state index in [2.05, 4.69) is 5.32 Å². The molecule has 2 rings (SSSR count). The average molecular weight is 243 g/mol. The van der Waals surface area contributed by atoms with Gasteiger partial charge in [0.1, 0.15) is 4.88 Å². The molecule has 1 amide bonds. The fraction of sp³-hybridized carbons (Fsp3) is 0. The highest BCUT2D eigenvalue weighted by Gasteiger charge is 2.10. The van der Waals surface area contributed by atoms with E-state index in [4.69, 9.17) is 11.0 Å². The van der Waals surface area contributed by atoms with Crippen molar-refractivity contribution in [1.29, 1.82) is 5.26 Å². The molecule has 84 valence electrons. The Morgan fingerprint density at radius 2 is 2.00 bits per heavy atom. The van der Waals surface area contributed by atoms with E-state index in [9.17, 15) is 4.79 Å². The molecule has 0 aliphatic heterocycles. The molecule has 5 heteroatoms. The highest BCUT2D eigenvalue weighted by Crippen LogP contribution is 2.20. The first-order valence-corrected chi connectivity index (χ1v) is 5.73. The summed E-state index contributed by atoms with van der Waals surface area (Å²) in [7, 11) is 0. The van der Waals surface area contributed by atoms with E-state index in [-0.39, 0.29) is 5.91 Å². The second kappa shape index (κ2) is 4.68. The van der Waals surface area contributed by atoms with Gasteiger partial charge in [0.15, 0.2) is 0 Å². The Labute approximate surface area is 102 Å². The van der Waals surface area contributed by atoms with Gasteiger partial charge in [0.25, 0.3) is 5.91 Å². The van der Waals surface area contributed by atoms with Crippen molar-refractivity contribution in [3.05, 3.63) is 46.2 Å². The summed E-state index contributed by atoms with van der Waals surface area (Å²) in [6.07, 6.45) is 0. The number of nitrogens with two attached hydrogens (primary N) is 1. The zero-order valence-electron chi connectivity index (χ0n) is 8.81. The van der Waals surface area contributed by atoms with Crippen LogP contribution in [-0.4, -0.2) is 5.91 Å². The first-order chi connectivity index (χ1) is 8.20. The van der Waals surface area contributed by atoms with Crippen LogP contribution in [0.25, 0.3) is 0 Å². The van der Waals surface area contributed by atoms with Gasteiger partial charge in [-0.1, -0.05) is 0 Å². The standard InChI is InChI=1S/C12H9N3OS/c13-7-8-1-3-9(4-2-8)15-12(16)11-10(14)5-6-17-11/h1-6H,14H2,(H,15,16). The van der Waals surface area contributed by atoms with Crippen LogP contribution < -0.4 is 11.1 Å². The third-order valence-corrected chi connectivity index (χ3v) is 3.10. The molecule has 0 bridgehead atoms. The van der Waals surface area contributed by atoms with Gasteiger partial charge in [-0.25, -0.2) is 0 Å². The molecule has 1 heterocycles. The monoisotopic (exact) mass is 243 g/mol. The molecule has 0 atom stereocenters. The van der Waals surface area contributed by atoms with Crippen molar-refractivity contribution in [3.63, 3.8) is 0 Å². The third kappa shape index (κ3) is 2.44. The molecular formula is C12H9N3OS. The zero-order chi connectivity index (χ0) is 12.3. The SMILES string of the molecule is N#Cc1ccc(NC(=O)c2sccc2N)cc1. The predicted octanol–water partition coefficient (Wildman–Crippen LogP) is 2.45. The van der Waals surface area contributed by atoms with E-state index in [0.29, 0.717) is 21.8 Å². The summed E-state index contributed by atoms with van der Waals surface area (Å²) in [6.45, 7) is 0. The molecule has 0 saturated carbocycles. The lowest BCUT2D eigenvalue weighted by Gasteiger charge is -2.04. The molecule has 1 aromatic carbocycles. The molecule has 0 fully saturated rings. The molecule has 0 unspecified atom stereocenters. The summed E-state index contributed by atoms with van der Waals surface area (Å²) in [6, 6.07) is 10.4. The van der Waals surface area contributed by atoms with Crippen LogP contribution in [-0.2, 0) is 0 Å². The number of carbonyl (C=O) groups is 1. The quantitative estimate of drug-likeness (QED) is 0.850. The summed E-state index contributed by atoms with van der Waals surface area (Å²) >= 11 is 1.30. The van der Waals surface area contributed by atoms with Crippen molar-refractivity contribution < 1.29 is 4.79 Å². The first-order valence-electron chi connectivity index (χ1n) is 4.85. The number of hydrogen-bond donors (Lipinski definition) is 2. The number of thiophene rings is 1. The molecule has 0 radical (unpaired) electrons. The van der Waals surface area contributed by atoms with E-state index < -0.39 is 0 Å². The molecule has 0 spiro atoms. The van der Waals surface area contributed by atoms with Crippen molar-refractivity contribution in [2.45, 2.75) is 0 Å². The minimum Gasteiger partial charge on any atom is -0.397 e. The number of nitrogens with zero attached hydrogens (tertiary/aromatic N) is 1. The van der Waals surface area contributed by atoms with E-state index >= 15 is 0 Å². The van der Waals surface area contributed by atoms with Crippen LogP contribution in [0.15, 0.2) is 35.7 Å². The number of anilines is 2. The number of nitrogens with one attached hydrogen (secondary N) is 1. The van der Waals surface area contributed by atoms with Crippen LogP contribution in [0, 0.1) is 11.3 Å². The lowest BCUT2D eigenvalue weighted by atomic mass is 10.2. The maximum Gasteiger partial charge on any atom is 0.267 e. The van der Waals surface area contributed by atoms with Gasteiger partial charge in [-0.05, 0) is 35.7 Å². The predicted molar refractivity (Wildman–Crippen MR) is 67.8 cm³/mol. The van der Waals surface area contributed by atoms with Crippen LogP contribution in [0.3, 0.4) is 0 Å². The fourth-order valence-electron chi connectivity index (χ4n) is 1.32. The second-order valence-corrected chi connectivity index (χ2v) is 4.26. The van der Waals surface area contributed by atoms with Crippen molar-refractivity contribution in [2.75, 3.05) is 11.1 Å². The van der Waals surface area contributed by atoms with Crippen molar-refractivity contribution in [3.8, 4) is 6.07 Å². The van der Waals surface area contributed by atoms with E-state index in [1.54, 1.807) is 35.7 Å². The molecule has 1 aromatic heterocycles. The van der Waals surface area contributed by atoms with Gasteiger partial charge < -0.3 is 11.1 Å². The number of benzene rings is 1. The molecule has 4 nitrogen and oxygen atoms in total. The van der Waals surface area contributed by atoms with Gasteiger partial charge in [0, 0.05) is 5.69 Å². The molecule has 3 N–H and O–H groups in total. The number of nitriles is 1. The maximum atomic E-state index is 11.8. The summed E-state index contributed by atoms with van der Waals surface area (Å²) in [5.41, 5.74) is 7.32. The van der Waals surface area contributed by atoms with Crippen LogP contribution in [0.2, 0.25) is 0 Å². The Morgan fingerprint density at radius 3 is 2.53 bits per heavy atom. The van der Waals surface area contributed by atoms with Crippen LogP contribution in [0.4, 0.5) is 11.4 Å². The molecular weight excluding hydrogens is 234 g/mol. The third-order valence-electron chi connectivity index (χ3n) is 2.17. The Kier molecular flexibility index (Phi) is 3.08. The van der Waals surface area contributed by atoms with Gasteiger partial charge in [-0.2, -0.15) is 5.26 Å². The molecule has 0 aliphatic carbocycles. The molecule has 0 aliphatic rings. The Hall–Kier alpha value is -2.32. The van der Waals surface area contributed by atoms with E-state index in [1.165, 1.54) is 11.3 Å². The van der Waals surface area contributed by atoms with Crippen LogP contribution >= 0.6 is 11.3 Å². The lowest BCUT2D eigenvalue weighted by molar-refractivity contribution is 0.103. The second-order valence-electron chi connectivity index (χ2n) is 3.35. The maximum absolute atomic E-state index is 11.8.